The van der Waals surface area contributed by atoms with Gasteiger partial charge in [0, 0.05) is 20.6 Å². The van der Waals surface area contributed by atoms with Crippen LogP contribution in [0.1, 0.15) is 11.1 Å². The molecule has 0 bridgehead atoms. The summed E-state index contributed by atoms with van der Waals surface area (Å²) in [5.41, 5.74) is 2.66. The number of nitriles is 1. The van der Waals surface area contributed by atoms with Gasteiger partial charge in [-0.05, 0) is 29.8 Å². The lowest BCUT2D eigenvalue weighted by atomic mass is 10.1. The zero-order chi connectivity index (χ0) is 15.4. The molecule has 0 radical (unpaired) electrons. The number of rotatable bonds is 4. The molecule has 2 aromatic carbocycles. The minimum Gasteiger partial charge on any atom is -0.379 e. The standard InChI is InChI=1S/C16H15ClFN3/c1-21(2)16-13(17)4-3-5-15(16)20-10-11-6-7-14(18)12(8-11)9-19/h3-8,20H,10H2,1-2H3. The normalized spacial score (nSPS) is 10.0. The molecule has 5 heteroatoms. The van der Waals surface area contributed by atoms with Gasteiger partial charge in [-0.3, -0.25) is 0 Å². The van der Waals surface area contributed by atoms with Crippen LogP contribution in [0.25, 0.3) is 0 Å². The van der Waals surface area contributed by atoms with E-state index in [9.17, 15) is 4.39 Å². The van der Waals surface area contributed by atoms with Crippen LogP contribution in [0.5, 0.6) is 0 Å². The fraction of sp³-hybridized carbons (Fsp3) is 0.188. The maximum Gasteiger partial charge on any atom is 0.140 e. The van der Waals surface area contributed by atoms with Gasteiger partial charge in [-0.2, -0.15) is 5.26 Å². The first-order valence-corrected chi connectivity index (χ1v) is 6.79. The summed E-state index contributed by atoms with van der Waals surface area (Å²) in [5, 5.41) is 12.8. The summed E-state index contributed by atoms with van der Waals surface area (Å²) in [4.78, 5) is 1.93. The van der Waals surface area contributed by atoms with Crippen molar-refractivity contribution in [1.29, 1.82) is 5.26 Å². The summed E-state index contributed by atoms with van der Waals surface area (Å²) >= 11 is 6.20. The molecule has 0 aliphatic rings. The monoisotopic (exact) mass is 303 g/mol. The van der Waals surface area contributed by atoms with Crippen LogP contribution in [0.4, 0.5) is 15.8 Å². The van der Waals surface area contributed by atoms with Gasteiger partial charge in [-0.1, -0.05) is 23.7 Å². The van der Waals surface area contributed by atoms with Gasteiger partial charge in [-0.15, -0.1) is 0 Å². The Labute approximate surface area is 128 Å². The van der Waals surface area contributed by atoms with Crippen molar-refractivity contribution in [3.63, 3.8) is 0 Å². The average Bonchev–Trinajstić information content (AvgIpc) is 2.46. The Morgan fingerprint density at radius 2 is 2.05 bits per heavy atom. The highest BCUT2D eigenvalue weighted by atomic mass is 35.5. The van der Waals surface area contributed by atoms with Gasteiger partial charge in [0.1, 0.15) is 11.9 Å². The Balaban J connectivity index is 2.21. The van der Waals surface area contributed by atoms with E-state index in [4.69, 9.17) is 16.9 Å². The Morgan fingerprint density at radius 1 is 1.29 bits per heavy atom. The van der Waals surface area contributed by atoms with Crippen LogP contribution in [0.3, 0.4) is 0 Å². The number of benzene rings is 2. The molecule has 0 saturated carbocycles. The van der Waals surface area contributed by atoms with Crippen LogP contribution in [0.15, 0.2) is 36.4 Å². The Kier molecular flexibility index (Phi) is 4.66. The molecule has 21 heavy (non-hydrogen) atoms. The van der Waals surface area contributed by atoms with E-state index >= 15 is 0 Å². The quantitative estimate of drug-likeness (QED) is 0.927. The molecule has 0 aliphatic carbocycles. The van der Waals surface area contributed by atoms with Gasteiger partial charge in [-0.25, -0.2) is 4.39 Å². The molecule has 3 nitrogen and oxygen atoms in total. The van der Waals surface area contributed by atoms with Crippen molar-refractivity contribution in [1.82, 2.24) is 0 Å². The first-order valence-electron chi connectivity index (χ1n) is 6.41. The van der Waals surface area contributed by atoms with Crippen molar-refractivity contribution in [2.24, 2.45) is 0 Å². The van der Waals surface area contributed by atoms with E-state index in [2.05, 4.69) is 5.32 Å². The Bertz CT molecular complexity index is 692. The number of hydrogen-bond acceptors (Lipinski definition) is 3. The number of para-hydroxylation sites is 1. The molecule has 0 aliphatic heterocycles. The molecular weight excluding hydrogens is 289 g/mol. The molecule has 0 atom stereocenters. The first-order chi connectivity index (χ1) is 10.0. The highest BCUT2D eigenvalue weighted by Gasteiger charge is 2.09. The fourth-order valence-corrected chi connectivity index (χ4v) is 2.42. The zero-order valence-corrected chi connectivity index (χ0v) is 12.6. The van der Waals surface area contributed by atoms with Crippen LogP contribution in [0.2, 0.25) is 5.02 Å². The van der Waals surface area contributed by atoms with Crippen molar-refractivity contribution < 1.29 is 4.39 Å². The van der Waals surface area contributed by atoms with E-state index in [0.29, 0.717) is 11.6 Å². The highest BCUT2D eigenvalue weighted by Crippen LogP contribution is 2.32. The summed E-state index contributed by atoms with van der Waals surface area (Å²) in [6.07, 6.45) is 0. The molecule has 108 valence electrons. The van der Waals surface area contributed by atoms with Crippen LogP contribution < -0.4 is 10.2 Å². The molecular formula is C16H15ClFN3. The predicted molar refractivity (Wildman–Crippen MR) is 84.2 cm³/mol. The molecule has 2 aromatic rings. The smallest absolute Gasteiger partial charge is 0.140 e. The Morgan fingerprint density at radius 3 is 2.71 bits per heavy atom. The van der Waals surface area contributed by atoms with Crippen molar-refractivity contribution in [2.45, 2.75) is 6.54 Å². The molecule has 0 heterocycles. The maximum absolute atomic E-state index is 13.3. The largest absolute Gasteiger partial charge is 0.379 e. The average molecular weight is 304 g/mol. The highest BCUT2D eigenvalue weighted by molar-refractivity contribution is 6.34. The van der Waals surface area contributed by atoms with Gasteiger partial charge >= 0.3 is 0 Å². The molecule has 2 rings (SSSR count). The van der Waals surface area contributed by atoms with E-state index in [0.717, 1.165) is 16.9 Å². The van der Waals surface area contributed by atoms with Crippen LogP contribution >= 0.6 is 11.6 Å². The SMILES string of the molecule is CN(C)c1c(Cl)cccc1NCc1ccc(F)c(C#N)c1. The minimum atomic E-state index is -0.502. The van der Waals surface area contributed by atoms with E-state index < -0.39 is 5.82 Å². The van der Waals surface area contributed by atoms with Gasteiger partial charge in [0.25, 0.3) is 0 Å². The number of nitrogens with zero attached hydrogens (tertiary/aromatic N) is 2. The molecule has 0 spiro atoms. The number of halogens is 2. The summed E-state index contributed by atoms with van der Waals surface area (Å²) in [6.45, 7) is 0.482. The van der Waals surface area contributed by atoms with E-state index in [1.165, 1.54) is 6.07 Å². The molecule has 0 aromatic heterocycles. The third-order valence-electron chi connectivity index (χ3n) is 3.07. The molecule has 0 saturated heterocycles. The van der Waals surface area contributed by atoms with Gasteiger partial charge in [0.15, 0.2) is 0 Å². The second-order valence-corrected chi connectivity index (χ2v) is 5.22. The lowest BCUT2D eigenvalue weighted by molar-refractivity contribution is 0.623. The number of nitrogens with one attached hydrogen (secondary N) is 1. The van der Waals surface area contributed by atoms with Crippen molar-refractivity contribution in [2.75, 3.05) is 24.3 Å². The lowest BCUT2D eigenvalue weighted by Crippen LogP contribution is -2.12. The van der Waals surface area contributed by atoms with Crippen molar-refractivity contribution in [3.05, 3.63) is 58.4 Å². The lowest BCUT2D eigenvalue weighted by Gasteiger charge is -2.20. The van der Waals surface area contributed by atoms with E-state index in [1.54, 1.807) is 12.1 Å². The molecule has 0 amide bonds. The van der Waals surface area contributed by atoms with Crippen LogP contribution in [0, 0.1) is 17.1 Å². The second-order valence-electron chi connectivity index (χ2n) is 4.81. The maximum atomic E-state index is 13.3. The first kappa shape index (κ1) is 15.1. The Hall–Kier alpha value is -2.25. The van der Waals surface area contributed by atoms with Crippen molar-refractivity contribution in [3.8, 4) is 6.07 Å². The third kappa shape index (κ3) is 3.45. The predicted octanol–water partition coefficient (Wildman–Crippen LogP) is 4.03. The second kappa shape index (κ2) is 6.47. The molecule has 0 unspecified atom stereocenters. The topological polar surface area (TPSA) is 39.1 Å². The summed E-state index contributed by atoms with van der Waals surface area (Å²) in [6, 6.07) is 12.0. The zero-order valence-electron chi connectivity index (χ0n) is 11.8. The van der Waals surface area contributed by atoms with E-state index in [-0.39, 0.29) is 5.56 Å². The van der Waals surface area contributed by atoms with Crippen LogP contribution in [-0.4, -0.2) is 14.1 Å². The van der Waals surface area contributed by atoms with Crippen LogP contribution in [-0.2, 0) is 6.54 Å². The van der Waals surface area contributed by atoms with Gasteiger partial charge in [0.05, 0.1) is 22.0 Å². The minimum absolute atomic E-state index is 0.0493. The summed E-state index contributed by atoms with van der Waals surface area (Å²) < 4.78 is 13.3. The van der Waals surface area contributed by atoms with E-state index in [1.807, 2.05) is 43.3 Å². The number of anilines is 2. The van der Waals surface area contributed by atoms with Gasteiger partial charge in [0.2, 0.25) is 0 Å². The third-order valence-corrected chi connectivity index (χ3v) is 3.37. The summed E-state index contributed by atoms with van der Waals surface area (Å²) in [5.74, 6) is -0.502. The molecule has 1 N–H and O–H groups in total. The summed E-state index contributed by atoms with van der Waals surface area (Å²) in [7, 11) is 3.83. The van der Waals surface area contributed by atoms with Crippen molar-refractivity contribution >= 4 is 23.0 Å². The fourth-order valence-electron chi connectivity index (χ4n) is 2.08. The number of hydrogen-bond donors (Lipinski definition) is 1. The molecule has 0 fully saturated rings. The van der Waals surface area contributed by atoms with Gasteiger partial charge < -0.3 is 10.2 Å².